The first-order valence-corrected chi connectivity index (χ1v) is 9.76. The van der Waals surface area contributed by atoms with Crippen LogP contribution in [0.5, 0.6) is 5.75 Å². The van der Waals surface area contributed by atoms with Crippen molar-refractivity contribution in [3.63, 3.8) is 0 Å². The number of ether oxygens (including phenoxy) is 2. The molecule has 0 aromatic heterocycles. The normalized spacial score (nSPS) is 11.8. The summed E-state index contributed by atoms with van der Waals surface area (Å²) in [4.78, 5) is 12.9. The lowest BCUT2D eigenvalue weighted by Crippen LogP contribution is -2.30. The van der Waals surface area contributed by atoms with Crippen molar-refractivity contribution in [2.75, 3.05) is 13.2 Å². The van der Waals surface area contributed by atoms with Crippen LogP contribution in [0.2, 0.25) is 0 Å². The zero-order chi connectivity index (χ0) is 22.3. The lowest BCUT2D eigenvalue weighted by Gasteiger charge is -2.23. The summed E-state index contributed by atoms with van der Waals surface area (Å²) < 4.78 is 40.9. The van der Waals surface area contributed by atoms with Crippen molar-refractivity contribution >= 4 is 23.5 Å². The minimum atomic E-state index is -1.57. The third-order valence-corrected chi connectivity index (χ3v) is 4.48. The summed E-state index contributed by atoms with van der Waals surface area (Å²) in [5.74, 6) is -3.00. The van der Waals surface area contributed by atoms with Crippen molar-refractivity contribution in [2.24, 2.45) is 5.73 Å². The van der Waals surface area contributed by atoms with E-state index in [0.717, 1.165) is 10.5 Å². The van der Waals surface area contributed by atoms with Gasteiger partial charge in [0, 0.05) is 23.9 Å². The molecule has 2 aromatic rings. The second-order valence-electron chi connectivity index (χ2n) is 6.43. The van der Waals surface area contributed by atoms with Gasteiger partial charge in [0.2, 0.25) is 0 Å². The smallest absolute Gasteiger partial charge is 0.271 e. The molecular weight excluding hydrogens is 416 g/mol. The quantitative estimate of drug-likeness (QED) is 0.328. The van der Waals surface area contributed by atoms with Gasteiger partial charge < -0.3 is 15.2 Å². The first-order valence-electron chi connectivity index (χ1n) is 9.42. The number of nitrogens with two attached hydrogens (primary N) is 1. The molecule has 0 fully saturated rings. The molecule has 1 unspecified atom stereocenters. The third-order valence-electron chi connectivity index (χ3n) is 4.20. The second kappa shape index (κ2) is 10.9. The Hall–Kier alpha value is -2.71. The monoisotopic (exact) mass is 439 g/mol. The summed E-state index contributed by atoms with van der Waals surface area (Å²) >= 11 is 6.14. The maximum Gasteiger partial charge on any atom is 0.271 e. The number of carbonyl (C=O) groups excluding carboxylic acids is 1. The zero-order valence-corrected chi connectivity index (χ0v) is 17.5. The fourth-order valence-electron chi connectivity index (χ4n) is 2.71. The van der Waals surface area contributed by atoms with Gasteiger partial charge in [0.1, 0.15) is 11.7 Å². The predicted octanol–water partition coefficient (Wildman–Crippen LogP) is 4.30. The molecule has 0 spiro atoms. The highest BCUT2D eigenvalue weighted by Gasteiger charge is 2.32. The zero-order valence-electron chi connectivity index (χ0n) is 16.8. The van der Waals surface area contributed by atoms with Gasteiger partial charge in [0.15, 0.2) is 17.7 Å². The Bertz CT molecular complexity index is 894. The van der Waals surface area contributed by atoms with Gasteiger partial charge in [-0.1, -0.05) is 31.2 Å². The van der Waals surface area contributed by atoms with Crippen LogP contribution in [-0.2, 0) is 16.1 Å². The summed E-state index contributed by atoms with van der Waals surface area (Å²) in [7, 11) is 0. The maximum absolute atomic E-state index is 14.9. The fraction of sp³-hybridized carbons (Fsp3) is 0.333. The van der Waals surface area contributed by atoms with E-state index >= 15 is 0 Å². The first kappa shape index (κ1) is 23.6. The van der Waals surface area contributed by atoms with E-state index in [1.807, 2.05) is 6.92 Å². The van der Waals surface area contributed by atoms with E-state index in [1.165, 1.54) is 6.07 Å². The molecule has 0 aliphatic heterocycles. The predicted molar refractivity (Wildman–Crippen MR) is 110 cm³/mol. The molecule has 1 atom stereocenters. The van der Waals surface area contributed by atoms with Crippen LogP contribution >= 0.6 is 11.8 Å². The van der Waals surface area contributed by atoms with Crippen molar-refractivity contribution < 1.29 is 23.0 Å². The first-order chi connectivity index (χ1) is 14.3. The molecule has 30 heavy (non-hydrogen) atoms. The average Bonchev–Trinajstić information content (AvgIpc) is 2.72. The highest BCUT2D eigenvalue weighted by Crippen LogP contribution is 2.32. The topological polar surface area (TPSA) is 88.6 Å². The highest BCUT2D eigenvalue weighted by molar-refractivity contribution is 6.21. The summed E-state index contributed by atoms with van der Waals surface area (Å²) in [5, 5.41) is 7.40. The van der Waals surface area contributed by atoms with Gasteiger partial charge in [-0.05, 0) is 31.0 Å². The number of nitrogen functional groups attached to an aromatic ring is 1. The van der Waals surface area contributed by atoms with Crippen molar-refractivity contribution in [3.05, 3.63) is 64.7 Å². The average molecular weight is 440 g/mol. The van der Waals surface area contributed by atoms with Gasteiger partial charge in [0.25, 0.3) is 5.91 Å². The van der Waals surface area contributed by atoms with E-state index in [9.17, 15) is 13.6 Å². The molecule has 0 saturated heterocycles. The minimum absolute atomic E-state index is 0.0351. The van der Waals surface area contributed by atoms with Gasteiger partial charge in [-0.2, -0.15) is 0 Å². The van der Waals surface area contributed by atoms with Crippen molar-refractivity contribution in [1.29, 1.82) is 5.41 Å². The number of hydrogen-bond acceptors (Lipinski definition) is 4. The van der Waals surface area contributed by atoms with Crippen LogP contribution < -0.4 is 10.5 Å². The number of nitrogens with zero attached hydrogens (tertiary/aromatic N) is 1. The summed E-state index contributed by atoms with van der Waals surface area (Å²) in [5.41, 5.74) is 6.03. The van der Waals surface area contributed by atoms with Crippen LogP contribution in [0.4, 0.5) is 8.78 Å². The summed E-state index contributed by atoms with van der Waals surface area (Å²) in [6.07, 6.45) is -0.938. The van der Waals surface area contributed by atoms with Crippen LogP contribution in [0.25, 0.3) is 0 Å². The molecule has 0 aliphatic carbocycles. The molecule has 2 aromatic carbocycles. The number of benzene rings is 2. The lowest BCUT2D eigenvalue weighted by molar-refractivity contribution is -0.139. The minimum Gasteiger partial charge on any atom is -0.491 e. The third kappa shape index (κ3) is 5.67. The van der Waals surface area contributed by atoms with Crippen LogP contribution in [0.1, 0.15) is 43.1 Å². The molecule has 0 aliphatic rings. The van der Waals surface area contributed by atoms with Crippen LogP contribution in [-0.4, -0.2) is 29.4 Å². The number of carbonyl (C=O) groups is 1. The van der Waals surface area contributed by atoms with E-state index in [1.54, 1.807) is 31.2 Å². The van der Waals surface area contributed by atoms with Crippen molar-refractivity contribution in [2.45, 2.75) is 32.9 Å². The van der Waals surface area contributed by atoms with E-state index in [2.05, 4.69) is 0 Å². The van der Waals surface area contributed by atoms with Crippen LogP contribution in [0.15, 0.2) is 36.4 Å². The summed E-state index contributed by atoms with van der Waals surface area (Å²) in [6, 6.07) is 8.72. The molecule has 9 heteroatoms. The number of amides is 1. The molecule has 6 nitrogen and oxygen atoms in total. The standard InChI is InChI=1S/C21H24ClF2N3O3/c1-3-11-30-16-10-9-15(23)17(18(16)24)19(29-4-2)21(28)27(22)12-13-5-7-14(8-6-13)20(25)26/h5-10,19H,3-4,11-12H2,1-2H3,(H3,25,26). The number of halogens is 3. The second-order valence-corrected chi connectivity index (χ2v) is 6.83. The molecule has 0 bridgehead atoms. The molecule has 0 radical (unpaired) electrons. The SMILES string of the molecule is CCCOc1ccc(F)c(C(OCC)C(=O)N(Cl)Cc2ccc(C(=N)N)cc2)c1F. The van der Waals surface area contributed by atoms with E-state index in [0.29, 0.717) is 17.5 Å². The Balaban J connectivity index is 2.28. The molecule has 0 heterocycles. The van der Waals surface area contributed by atoms with Gasteiger partial charge in [-0.25, -0.2) is 13.2 Å². The van der Waals surface area contributed by atoms with E-state index in [-0.39, 0.29) is 31.3 Å². The van der Waals surface area contributed by atoms with E-state index in [4.69, 9.17) is 32.4 Å². The molecule has 2 rings (SSSR count). The number of hydrogen-bond donors (Lipinski definition) is 2. The summed E-state index contributed by atoms with van der Waals surface area (Å²) in [6.45, 7) is 3.69. The molecule has 162 valence electrons. The Morgan fingerprint density at radius 2 is 1.87 bits per heavy atom. The van der Waals surface area contributed by atoms with Gasteiger partial charge in [0.05, 0.1) is 18.7 Å². The van der Waals surface area contributed by atoms with Crippen LogP contribution in [0.3, 0.4) is 0 Å². The Morgan fingerprint density at radius 3 is 2.43 bits per heavy atom. The largest absolute Gasteiger partial charge is 0.491 e. The molecule has 3 N–H and O–H groups in total. The Kier molecular flexibility index (Phi) is 8.56. The number of amidine groups is 1. The van der Waals surface area contributed by atoms with Crippen molar-refractivity contribution in [3.8, 4) is 5.75 Å². The van der Waals surface area contributed by atoms with Gasteiger partial charge in [-0.3, -0.25) is 10.2 Å². The molecule has 0 saturated carbocycles. The fourth-order valence-corrected chi connectivity index (χ4v) is 2.94. The lowest BCUT2D eigenvalue weighted by atomic mass is 10.1. The van der Waals surface area contributed by atoms with Crippen molar-refractivity contribution in [1.82, 2.24) is 4.42 Å². The number of nitrogens with one attached hydrogen (secondary N) is 1. The molecular formula is C21H24ClF2N3O3. The van der Waals surface area contributed by atoms with E-state index < -0.39 is 29.2 Å². The maximum atomic E-state index is 14.9. The van der Waals surface area contributed by atoms with Gasteiger partial charge in [-0.15, -0.1) is 0 Å². The highest BCUT2D eigenvalue weighted by atomic mass is 35.5. The Labute approximate surface area is 179 Å². The Morgan fingerprint density at radius 1 is 1.20 bits per heavy atom. The van der Waals surface area contributed by atoms with Crippen LogP contribution in [0, 0.1) is 17.0 Å². The van der Waals surface area contributed by atoms with Gasteiger partial charge >= 0.3 is 0 Å². The number of rotatable bonds is 10. The molecule has 1 amide bonds.